The van der Waals surface area contributed by atoms with E-state index in [2.05, 4.69) is 4.74 Å². The van der Waals surface area contributed by atoms with Crippen LogP contribution in [0, 0.1) is 0 Å². The van der Waals surface area contributed by atoms with E-state index in [9.17, 15) is 14.4 Å². The summed E-state index contributed by atoms with van der Waals surface area (Å²) in [6.45, 7) is 0.267. The predicted octanol–water partition coefficient (Wildman–Crippen LogP) is -0.00230. The van der Waals surface area contributed by atoms with Crippen molar-refractivity contribution in [2.24, 2.45) is 0 Å². The van der Waals surface area contributed by atoms with Crippen LogP contribution in [0.15, 0.2) is 0 Å². The van der Waals surface area contributed by atoms with E-state index in [0.29, 0.717) is 12.8 Å². The van der Waals surface area contributed by atoms with Crippen LogP contribution in [-0.2, 0) is 19.1 Å². The molecule has 1 aliphatic heterocycles. The van der Waals surface area contributed by atoms with Crippen LogP contribution < -0.4 is 0 Å². The van der Waals surface area contributed by atoms with Crippen LogP contribution in [0.2, 0.25) is 0 Å². The van der Waals surface area contributed by atoms with Gasteiger partial charge in [-0.1, -0.05) is 0 Å². The van der Waals surface area contributed by atoms with Crippen molar-refractivity contribution in [3.05, 3.63) is 0 Å². The SMILES string of the molecule is COC(=O)C(=O)N1CCC[C@]1(I)C(=O)O. The molecule has 84 valence electrons. The summed E-state index contributed by atoms with van der Waals surface area (Å²) in [7, 11) is 1.09. The van der Waals surface area contributed by atoms with Crippen LogP contribution >= 0.6 is 22.6 Å². The number of hydrogen-bond donors (Lipinski definition) is 1. The van der Waals surface area contributed by atoms with E-state index in [1.165, 1.54) is 0 Å². The third kappa shape index (κ3) is 2.06. The number of methoxy groups -OCH3 is 1. The summed E-state index contributed by atoms with van der Waals surface area (Å²) in [6.07, 6.45) is 0.906. The van der Waals surface area contributed by atoms with Gasteiger partial charge in [-0.05, 0) is 35.4 Å². The van der Waals surface area contributed by atoms with Gasteiger partial charge in [0.05, 0.1) is 7.11 Å². The number of carbonyl (C=O) groups excluding carboxylic acids is 2. The third-order valence-electron chi connectivity index (χ3n) is 2.25. The van der Waals surface area contributed by atoms with Crippen LogP contribution in [0.3, 0.4) is 0 Å². The lowest BCUT2D eigenvalue weighted by Crippen LogP contribution is -2.50. The minimum atomic E-state index is -1.32. The summed E-state index contributed by atoms with van der Waals surface area (Å²) in [4.78, 5) is 34.5. The van der Waals surface area contributed by atoms with Gasteiger partial charge < -0.3 is 14.7 Å². The highest BCUT2D eigenvalue weighted by Crippen LogP contribution is 2.36. The smallest absolute Gasteiger partial charge is 0.396 e. The van der Waals surface area contributed by atoms with Gasteiger partial charge in [0.1, 0.15) is 0 Å². The number of carbonyl (C=O) groups is 3. The van der Waals surface area contributed by atoms with Crippen molar-refractivity contribution < 1.29 is 24.2 Å². The molecule has 0 aliphatic carbocycles. The number of halogens is 1. The summed E-state index contributed by atoms with van der Waals surface area (Å²) < 4.78 is 2.95. The normalized spacial score (nSPS) is 25.1. The largest absolute Gasteiger partial charge is 0.479 e. The highest BCUT2D eigenvalue weighted by Gasteiger charge is 2.49. The second-order valence-electron chi connectivity index (χ2n) is 3.12. The molecule has 0 aromatic carbocycles. The highest BCUT2D eigenvalue weighted by molar-refractivity contribution is 14.1. The number of nitrogens with zero attached hydrogens (tertiary/aromatic N) is 1. The molecule has 7 heteroatoms. The molecule has 15 heavy (non-hydrogen) atoms. The lowest BCUT2D eigenvalue weighted by Gasteiger charge is -2.28. The first-order valence-electron chi connectivity index (χ1n) is 4.25. The Morgan fingerprint density at radius 1 is 1.47 bits per heavy atom. The molecule has 1 N–H and O–H groups in total. The van der Waals surface area contributed by atoms with Gasteiger partial charge in [0.2, 0.25) is 0 Å². The molecule has 1 atom stereocenters. The first kappa shape index (κ1) is 12.2. The molecule has 0 aromatic rings. The Bertz CT molecular complexity index is 318. The number of rotatable bonds is 1. The van der Waals surface area contributed by atoms with Gasteiger partial charge in [-0.25, -0.2) is 9.59 Å². The Balaban J connectivity index is 2.90. The fraction of sp³-hybridized carbons (Fsp3) is 0.625. The van der Waals surface area contributed by atoms with Crippen molar-refractivity contribution in [3.8, 4) is 0 Å². The van der Waals surface area contributed by atoms with Gasteiger partial charge in [-0.2, -0.15) is 0 Å². The Kier molecular flexibility index (Phi) is 3.53. The van der Waals surface area contributed by atoms with Crippen LogP contribution in [0.1, 0.15) is 12.8 Å². The summed E-state index contributed by atoms with van der Waals surface area (Å²) >= 11 is 1.68. The van der Waals surface area contributed by atoms with Gasteiger partial charge in [0, 0.05) is 6.54 Å². The molecule has 1 saturated heterocycles. The lowest BCUT2D eigenvalue weighted by atomic mass is 10.2. The van der Waals surface area contributed by atoms with Crippen molar-refractivity contribution in [1.29, 1.82) is 0 Å². The lowest BCUT2D eigenvalue weighted by molar-refractivity contribution is -0.161. The molecule has 1 heterocycles. The Morgan fingerprint density at radius 2 is 2.07 bits per heavy atom. The van der Waals surface area contributed by atoms with E-state index in [4.69, 9.17) is 5.11 Å². The number of carboxylic acid groups (broad SMARTS) is 1. The number of hydrogen-bond acceptors (Lipinski definition) is 4. The molecule has 1 rings (SSSR count). The number of ether oxygens (including phenoxy) is 1. The molecule has 0 bridgehead atoms. The van der Waals surface area contributed by atoms with Crippen molar-refractivity contribution in [3.63, 3.8) is 0 Å². The van der Waals surface area contributed by atoms with Crippen molar-refractivity contribution in [2.45, 2.75) is 16.4 Å². The van der Waals surface area contributed by atoms with Gasteiger partial charge in [0.25, 0.3) is 0 Å². The maximum Gasteiger partial charge on any atom is 0.396 e. The van der Waals surface area contributed by atoms with E-state index >= 15 is 0 Å². The Hall–Kier alpha value is -0.860. The third-order valence-corrected chi connectivity index (χ3v) is 3.83. The monoisotopic (exact) mass is 327 g/mol. The zero-order valence-electron chi connectivity index (χ0n) is 8.03. The summed E-state index contributed by atoms with van der Waals surface area (Å²) in [5, 5.41) is 8.99. The molecule has 1 amide bonds. The number of alkyl halides is 1. The molecule has 0 radical (unpaired) electrons. The average molecular weight is 327 g/mol. The molecule has 0 unspecified atom stereocenters. The summed E-state index contributed by atoms with van der Waals surface area (Å²) in [6, 6.07) is 0. The topological polar surface area (TPSA) is 83.9 Å². The first-order valence-corrected chi connectivity index (χ1v) is 5.33. The van der Waals surface area contributed by atoms with E-state index in [1.807, 2.05) is 0 Å². The Morgan fingerprint density at radius 3 is 2.53 bits per heavy atom. The number of amides is 1. The molecular formula is C8H10INO5. The standard InChI is InChI=1S/C8H10INO5/c1-15-6(12)5(11)10-4-2-3-8(10,9)7(13)14/h2-4H2,1H3,(H,13,14)/t8-/m1/s1. The maximum atomic E-state index is 11.5. The number of aliphatic carboxylic acids is 1. The Labute approximate surface area is 99.7 Å². The van der Waals surface area contributed by atoms with Crippen molar-refractivity contribution in [1.82, 2.24) is 4.90 Å². The van der Waals surface area contributed by atoms with E-state index in [-0.39, 0.29) is 6.54 Å². The van der Waals surface area contributed by atoms with Crippen LogP contribution in [0.5, 0.6) is 0 Å². The number of likely N-dealkylation sites (tertiary alicyclic amines) is 1. The van der Waals surface area contributed by atoms with E-state index in [0.717, 1.165) is 12.0 Å². The quantitative estimate of drug-likeness (QED) is 0.241. The van der Waals surface area contributed by atoms with Gasteiger partial charge in [-0.3, -0.25) is 4.79 Å². The highest BCUT2D eigenvalue weighted by atomic mass is 127. The molecular weight excluding hydrogens is 317 g/mol. The van der Waals surface area contributed by atoms with Gasteiger partial charge in [0.15, 0.2) is 3.55 Å². The van der Waals surface area contributed by atoms with Crippen molar-refractivity contribution >= 4 is 40.4 Å². The molecule has 0 aromatic heterocycles. The van der Waals surface area contributed by atoms with Gasteiger partial charge >= 0.3 is 17.8 Å². The van der Waals surface area contributed by atoms with Crippen molar-refractivity contribution in [2.75, 3.05) is 13.7 Å². The van der Waals surface area contributed by atoms with E-state index < -0.39 is 21.4 Å². The fourth-order valence-corrected chi connectivity index (χ4v) is 2.31. The van der Waals surface area contributed by atoms with Crippen LogP contribution in [0.4, 0.5) is 0 Å². The minimum absolute atomic E-state index is 0.267. The number of esters is 1. The molecule has 0 spiro atoms. The molecule has 0 saturated carbocycles. The number of carboxylic acids is 1. The van der Waals surface area contributed by atoms with Crippen LogP contribution in [-0.4, -0.2) is 45.1 Å². The average Bonchev–Trinajstić information content (AvgIpc) is 2.59. The summed E-state index contributed by atoms with van der Waals surface area (Å²) in [5.41, 5.74) is 0. The summed E-state index contributed by atoms with van der Waals surface area (Å²) in [5.74, 6) is -3.04. The fourth-order valence-electron chi connectivity index (χ4n) is 1.47. The zero-order chi connectivity index (χ0) is 11.6. The molecule has 1 fully saturated rings. The maximum absolute atomic E-state index is 11.5. The minimum Gasteiger partial charge on any atom is -0.479 e. The van der Waals surface area contributed by atoms with Gasteiger partial charge in [-0.15, -0.1) is 0 Å². The molecule has 6 nitrogen and oxygen atoms in total. The second-order valence-corrected chi connectivity index (χ2v) is 4.90. The van der Waals surface area contributed by atoms with E-state index in [1.54, 1.807) is 22.6 Å². The first-order chi connectivity index (χ1) is 6.93. The van der Waals surface area contributed by atoms with Crippen LogP contribution in [0.25, 0.3) is 0 Å². The molecule has 1 aliphatic rings. The second kappa shape index (κ2) is 4.33. The zero-order valence-corrected chi connectivity index (χ0v) is 10.2. The predicted molar refractivity (Wildman–Crippen MR) is 57.3 cm³/mol.